The monoisotopic (exact) mass is 1190 g/mol. The Bertz CT molecular complexity index is 2910. The van der Waals surface area contributed by atoms with E-state index in [-0.39, 0.29) is 65.3 Å². The van der Waals surface area contributed by atoms with Crippen LogP contribution in [0.15, 0.2) is 152 Å². The van der Waals surface area contributed by atoms with Crippen molar-refractivity contribution < 1.29 is 66.8 Å². The van der Waals surface area contributed by atoms with Crippen molar-refractivity contribution >= 4 is 53.4 Å². The molecule has 86 heavy (non-hydrogen) atoms. The lowest BCUT2D eigenvalue weighted by molar-refractivity contribution is -0.154. The molecule has 0 unspecified atom stereocenters. The molecule has 0 aromatic heterocycles. The van der Waals surface area contributed by atoms with Crippen LogP contribution >= 0.6 is 0 Å². The Balaban J connectivity index is 1.28. The van der Waals surface area contributed by atoms with Gasteiger partial charge in [0.05, 0.1) is 57.3 Å². The van der Waals surface area contributed by atoms with Gasteiger partial charge in [0.25, 0.3) is 0 Å². The molecule has 460 valence electrons. The summed E-state index contributed by atoms with van der Waals surface area (Å²) in [4.78, 5) is 121. The number of carbonyl (C=O) groups is 9. The fourth-order valence-corrected chi connectivity index (χ4v) is 8.35. The van der Waals surface area contributed by atoms with Gasteiger partial charge < -0.3 is 72.4 Å². The first-order valence-electron chi connectivity index (χ1n) is 28.4. The normalized spacial score (nSPS) is 13.7. The van der Waals surface area contributed by atoms with Crippen LogP contribution in [0.3, 0.4) is 0 Å². The summed E-state index contributed by atoms with van der Waals surface area (Å²) in [7, 11) is 0. The summed E-state index contributed by atoms with van der Waals surface area (Å²) in [6, 6.07) is 38.5. The van der Waals surface area contributed by atoms with E-state index in [2.05, 4.69) is 37.2 Å². The molecule has 5 aromatic rings. The molecule has 23 heteroatoms. The standard InChI is InChI=1S/C63H79N9O14/c1-42(82-37-45-21-9-4-10-22-45)55(70-54(75)36-68-61(79)56(71-58(76)50(64)32-33-52(65)73)43(2)83-38-46-23-11-5-12-24-46)60(78)67-35-53(74)69-51(31-19-20-34-66-63(81)86-41-49-29-17-8-18-30-49)59(77)72-57(44(3)84-39-47-25-13-6-14-26-47)62(80)85-40-48-27-15-7-16-28-48/h4-18,21-30,42-44,50-51,55-57H,19-20,31-41,64H2,1-3H3,(H2,65,73)(H,66,81)(H,67,78)(H,68,79)(H,69,74)(H,70,75)(H,71,76)(H,72,77)/t42-,43-,44-,50+,51+,55+,56+,57+/m1/s1. The molecule has 5 aromatic carbocycles. The molecule has 0 aliphatic heterocycles. The van der Waals surface area contributed by atoms with E-state index in [1.54, 1.807) is 79.7 Å². The maximum atomic E-state index is 14.4. The molecule has 0 spiro atoms. The highest BCUT2D eigenvalue weighted by atomic mass is 16.6. The van der Waals surface area contributed by atoms with Crippen molar-refractivity contribution in [2.45, 2.75) is 134 Å². The number of nitrogens with two attached hydrogens (primary N) is 2. The first-order chi connectivity index (χ1) is 41.4. The Morgan fingerprint density at radius 1 is 0.419 bits per heavy atom. The van der Waals surface area contributed by atoms with Crippen molar-refractivity contribution in [2.75, 3.05) is 19.6 Å². The number of ether oxygens (including phenoxy) is 5. The van der Waals surface area contributed by atoms with Gasteiger partial charge in [-0.15, -0.1) is 0 Å². The van der Waals surface area contributed by atoms with Crippen molar-refractivity contribution in [1.29, 1.82) is 0 Å². The molecule has 0 saturated carbocycles. The molecule has 0 saturated heterocycles. The Labute approximate surface area is 500 Å². The highest BCUT2D eigenvalue weighted by molar-refractivity contribution is 5.95. The summed E-state index contributed by atoms with van der Waals surface area (Å²) in [5.74, 6) is -6.46. The molecule has 0 aliphatic carbocycles. The van der Waals surface area contributed by atoms with Crippen molar-refractivity contribution in [3.05, 3.63) is 179 Å². The Kier molecular flexibility index (Phi) is 29.4. The third-order valence-electron chi connectivity index (χ3n) is 13.4. The molecular formula is C63H79N9O14. The zero-order valence-electron chi connectivity index (χ0n) is 48.6. The lowest BCUT2D eigenvalue weighted by Gasteiger charge is -2.27. The number of primary amides is 1. The fraction of sp³-hybridized carbons (Fsp3) is 0.381. The number of carbonyl (C=O) groups excluding carboxylic acids is 9. The van der Waals surface area contributed by atoms with Crippen LogP contribution in [0.4, 0.5) is 4.79 Å². The van der Waals surface area contributed by atoms with Crippen LogP contribution in [0.1, 0.15) is 80.7 Å². The molecule has 0 heterocycles. The van der Waals surface area contributed by atoms with E-state index in [0.29, 0.717) is 12.0 Å². The van der Waals surface area contributed by atoms with Crippen molar-refractivity contribution in [1.82, 2.24) is 37.2 Å². The molecule has 23 nitrogen and oxygen atoms in total. The van der Waals surface area contributed by atoms with Gasteiger partial charge >= 0.3 is 12.1 Å². The summed E-state index contributed by atoms with van der Waals surface area (Å²) in [6.45, 7) is 3.51. The topological polar surface area (TPSA) is 336 Å². The van der Waals surface area contributed by atoms with E-state index in [9.17, 15) is 43.2 Å². The highest BCUT2D eigenvalue weighted by Crippen LogP contribution is 2.14. The van der Waals surface area contributed by atoms with E-state index in [4.69, 9.17) is 35.2 Å². The smallest absolute Gasteiger partial charge is 0.407 e. The maximum absolute atomic E-state index is 14.4. The minimum atomic E-state index is -1.48. The molecular weight excluding hydrogens is 1110 g/mol. The average Bonchev–Trinajstić information content (AvgIpc) is 3.73. The van der Waals surface area contributed by atoms with Crippen LogP contribution in [-0.4, -0.2) is 122 Å². The summed E-state index contributed by atoms with van der Waals surface area (Å²) >= 11 is 0. The molecule has 0 aliphatic rings. The maximum Gasteiger partial charge on any atom is 0.407 e. The molecule has 11 N–H and O–H groups in total. The summed E-state index contributed by atoms with van der Waals surface area (Å²) in [6.07, 6.45) is -3.31. The molecule has 0 fully saturated rings. The van der Waals surface area contributed by atoms with Gasteiger partial charge in [-0.2, -0.15) is 0 Å². The predicted octanol–water partition coefficient (Wildman–Crippen LogP) is 3.41. The number of hydrogen-bond donors (Lipinski definition) is 9. The lowest BCUT2D eigenvalue weighted by atomic mass is 10.1. The number of esters is 1. The summed E-state index contributed by atoms with van der Waals surface area (Å²) in [5, 5.41) is 18.2. The second kappa shape index (κ2) is 37.3. The van der Waals surface area contributed by atoms with E-state index in [1.165, 1.54) is 13.8 Å². The molecule has 0 radical (unpaired) electrons. The van der Waals surface area contributed by atoms with Gasteiger partial charge in [-0.05, 0) is 74.3 Å². The SMILES string of the molecule is C[C@@H](OCc1ccccc1)[C@H](NC(=O)CNC(=O)[C@@H](NC(=O)[C@@H](N)CCC(N)=O)[C@@H](C)OCc1ccccc1)C(=O)NCC(=O)N[C@@H](CCCCNC(=O)OCc1ccccc1)C(=O)N[C@H](C(=O)OCc1ccccc1)[C@@H](C)OCc1ccccc1. The first kappa shape index (κ1) is 67.8. The number of rotatable bonds is 37. The quantitative estimate of drug-likeness (QED) is 0.0203. The van der Waals surface area contributed by atoms with Gasteiger partial charge in [0.2, 0.25) is 41.4 Å². The number of amides is 8. The van der Waals surface area contributed by atoms with Crippen LogP contribution in [0.25, 0.3) is 0 Å². The summed E-state index contributed by atoms with van der Waals surface area (Å²) in [5.41, 5.74) is 15.1. The first-order valence-corrected chi connectivity index (χ1v) is 28.4. The van der Waals surface area contributed by atoms with E-state index in [0.717, 1.165) is 22.3 Å². The minimum Gasteiger partial charge on any atom is -0.459 e. The Hall–Kier alpha value is -9.03. The van der Waals surface area contributed by atoms with Gasteiger partial charge in [0.15, 0.2) is 6.04 Å². The number of benzene rings is 5. The van der Waals surface area contributed by atoms with E-state index >= 15 is 0 Å². The predicted molar refractivity (Wildman–Crippen MR) is 317 cm³/mol. The van der Waals surface area contributed by atoms with Gasteiger partial charge in [-0.25, -0.2) is 9.59 Å². The Morgan fingerprint density at radius 2 is 0.802 bits per heavy atom. The van der Waals surface area contributed by atoms with Crippen LogP contribution in [0.5, 0.6) is 0 Å². The molecule has 8 atom stereocenters. The highest BCUT2D eigenvalue weighted by Gasteiger charge is 2.35. The number of alkyl carbamates (subject to hydrolysis) is 1. The van der Waals surface area contributed by atoms with Gasteiger partial charge in [-0.3, -0.25) is 33.6 Å². The third-order valence-corrected chi connectivity index (χ3v) is 13.4. The number of unbranched alkanes of at least 4 members (excludes halogenated alkanes) is 1. The minimum absolute atomic E-state index is 0.00335. The zero-order valence-corrected chi connectivity index (χ0v) is 48.6. The summed E-state index contributed by atoms with van der Waals surface area (Å²) < 4.78 is 29.1. The third kappa shape index (κ3) is 25.4. The Morgan fingerprint density at radius 3 is 1.24 bits per heavy atom. The number of nitrogens with one attached hydrogen (secondary N) is 7. The van der Waals surface area contributed by atoms with Crippen LogP contribution in [0, 0.1) is 0 Å². The zero-order chi connectivity index (χ0) is 62.1. The largest absolute Gasteiger partial charge is 0.459 e. The number of hydrogen-bond acceptors (Lipinski definition) is 15. The molecule has 0 bridgehead atoms. The van der Waals surface area contributed by atoms with Crippen molar-refractivity contribution in [3.63, 3.8) is 0 Å². The van der Waals surface area contributed by atoms with Gasteiger partial charge in [-0.1, -0.05) is 152 Å². The van der Waals surface area contributed by atoms with Crippen molar-refractivity contribution in [2.24, 2.45) is 11.5 Å². The van der Waals surface area contributed by atoms with Crippen LogP contribution in [0.2, 0.25) is 0 Å². The van der Waals surface area contributed by atoms with E-state index in [1.807, 2.05) is 78.9 Å². The van der Waals surface area contributed by atoms with Crippen LogP contribution in [-0.2, 0) is 95.1 Å². The van der Waals surface area contributed by atoms with Crippen LogP contribution < -0.4 is 48.7 Å². The lowest BCUT2D eigenvalue weighted by Crippen LogP contribution is -2.59. The van der Waals surface area contributed by atoms with Crippen molar-refractivity contribution in [3.8, 4) is 0 Å². The van der Waals surface area contributed by atoms with Gasteiger partial charge in [0.1, 0.15) is 31.3 Å². The molecule has 5 rings (SSSR count). The second-order valence-corrected chi connectivity index (χ2v) is 20.3. The average molecular weight is 1190 g/mol. The van der Waals surface area contributed by atoms with E-state index < -0.39 is 115 Å². The fourth-order valence-electron chi connectivity index (χ4n) is 8.35. The second-order valence-electron chi connectivity index (χ2n) is 20.3. The van der Waals surface area contributed by atoms with Gasteiger partial charge in [0, 0.05) is 13.0 Å². The molecule has 8 amide bonds.